The van der Waals surface area contributed by atoms with Gasteiger partial charge in [0.05, 0.1) is 17.5 Å². The number of carbonyl (C=O) groups is 1. The van der Waals surface area contributed by atoms with Gasteiger partial charge in [-0.1, -0.05) is 45.0 Å². The number of ketones is 1. The molecule has 144 valence electrons. The van der Waals surface area contributed by atoms with Gasteiger partial charge in [0.25, 0.3) is 0 Å². The van der Waals surface area contributed by atoms with E-state index in [1.54, 1.807) is 12.4 Å². The zero-order valence-electron chi connectivity index (χ0n) is 17.1. The number of benzene rings is 1. The van der Waals surface area contributed by atoms with E-state index in [2.05, 4.69) is 34.0 Å². The molecule has 0 radical (unpaired) electrons. The molecule has 1 aromatic carbocycles. The lowest BCUT2D eigenvalue weighted by Crippen LogP contribution is -2.20. The number of aromatic amines is 1. The lowest BCUT2D eigenvalue weighted by molar-refractivity contribution is 0.0860. The third-order valence-corrected chi connectivity index (χ3v) is 4.56. The van der Waals surface area contributed by atoms with Gasteiger partial charge in [-0.25, -0.2) is 9.97 Å². The minimum atomic E-state index is -0.473. The molecule has 0 amide bonds. The molecule has 2 aromatic heterocycles. The van der Waals surface area contributed by atoms with Crippen molar-refractivity contribution < 1.29 is 4.79 Å². The normalized spacial score (nSPS) is 12.8. The first kappa shape index (κ1) is 19.7. The summed E-state index contributed by atoms with van der Waals surface area (Å²) in [6.45, 7) is 10.6. The average molecular weight is 374 g/mol. The molecule has 28 heavy (non-hydrogen) atoms. The summed E-state index contributed by atoms with van der Waals surface area (Å²) in [6, 6.07) is 8.17. The van der Waals surface area contributed by atoms with Gasteiger partial charge in [0, 0.05) is 29.9 Å². The average Bonchev–Trinajstić information content (AvgIpc) is 3.10. The number of rotatable bonds is 5. The number of nitrogens with one attached hydrogen (secondary N) is 1. The Kier molecular flexibility index (Phi) is 5.54. The Morgan fingerprint density at radius 2 is 1.93 bits per heavy atom. The number of fused-ring (bicyclic) bond motifs is 1. The second-order valence-electron chi connectivity index (χ2n) is 7.81. The van der Waals surface area contributed by atoms with Gasteiger partial charge < -0.3 is 4.98 Å². The fraction of sp³-hybridized carbons (Fsp3) is 0.304. The van der Waals surface area contributed by atoms with Crippen LogP contribution in [0.1, 0.15) is 50.5 Å². The Labute approximate surface area is 165 Å². The fourth-order valence-electron chi connectivity index (χ4n) is 2.88. The fourth-order valence-corrected chi connectivity index (χ4v) is 2.88. The minimum absolute atomic E-state index is 0.0510. The van der Waals surface area contributed by atoms with Gasteiger partial charge in [0.15, 0.2) is 11.4 Å². The molecule has 5 heteroatoms. The molecule has 2 heterocycles. The summed E-state index contributed by atoms with van der Waals surface area (Å²) >= 11 is 0. The van der Waals surface area contributed by atoms with Crippen LogP contribution in [-0.2, 0) is 0 Å². The van der Waals surface area contributed by atoms with Crippen molar-refractivity contribution in [3.8, 4) is 11.3 Å². The van der Waals surface area contributed by atoms with Gasteiger partial charge in [-0.05, 0) is 31.1 Å². The molecule has 0 bridgehead atoms. The van der Waals surface area contributed by atoms with E-state index in [4.69, 9.17) is 4.98 Å². The van der Waals surface area contributed by atoms with E-state index < -0.39 is 5.41 Å². The molecular formula is C23H26N4O. The first-order valence-corrected chi connectivity index (χ1v) is 9.47. The Balaban J connectivity index is 1.95. The maximum atomic E-state index is 12.7. The van der Waals surface area contributed by atoms with E-state index in [-0.39, 0.29) is 5.78 Å². The minimum Gasteiger partial charge on any atom is -0.344 e. The van der Waals surface area contributed by atoms with E-state index in [1.165, 1.54) is 0 Å². The number of aromatic nitrogens is 3. The maximum absolute atomic E-state index is 12.7. The molecule has 3 aromatic rings. The zero-order valence-corrected chi connectivity index (χ0v) is 17.1. The van der Waals surface area contributed by atoms with Crippen molar-refractivity contribution >= 4 is 28.7 Å². The summed E-state index contributed by atoms with van der Waals surface area (Å²) in [5, 5.41) is 0. The highest BCUT2D eigenvalue weighted by atomic mass is 16.1. The van der Waals surface area contributed by atoms with Gasteiger partial charge in [-0.2, -0.15) is 0 Å². The van der Waals surface area contributed by atoms with Gasteiger partial charge >= 0.3 is 0 Å². The van der Waals surface area contributed by atoms with Crippen molar-refractivity contribution in [1.29, 1.82) is 0 Å². The molecule has 0 fully saturated rings. The number of H-pyrrole nitrogens is 1. The largest absolute Gasteiger partial charge is 0.344 e. The van der Waals surface area contributed by atoms with Crippen LogP contribution < -0.4 is 0 Å². The number of nitrogens with zero attached hydrogens (tertiary/aromatic N) is 3. The van der Waals surface area contributed by atoms with Crippen molar-refractivity contribution in [2.75, 3.05) is 6.54 Å². The Hall–Kier alpha value is -3.08. The molecule has 0 aliphatic heterocycles. The standard InChI is InChI=1S/C23H26N4O/c1-6-24-12-11-15(2)16-7-9-17(10-8-16)19-14-26-22-20(27-19)18(13-25-22)21(28)23(3,4)5/h7-14H,6H2,1-5H3,(H,25,26)/b15-11+,24-12?. The quantitative estimate of drug-likeness (QED) is 0.483. The molecule has 3 rings (SSSR count). The molecule has 0 aliphatic rings. The van der Waals surface area contributed by atoms with Crippen LogP contribution in [0.5, 0.6) is 0 Å². The SMILES string of the molecule is CCN=C/C=C(\C)c1ccc(-c2cnc3[nH]cc(C(=O)C(C)(C)C)c3n2)cc1. The number of carbonyl (C=O) groups excluding carboxylic acids is 1. The van der Waals surface area contributed by atoms with Gasteiger partial charge in [0.1, 0.15) is 5.52 Å². The van der Waals surface area contributed by atoms with Crippen LogP contribution in [-0.4, -0.2) is 33.5 Å². The van der Waals surface area contributed by atoms with Crippen LogP contribution in [0.25, 0.3) is 28.0 Å². The van der Waals surface area contributed by atoms with Gasteiger partial charge in [-0.15, -0.1) is 0 Å². The first-order chi connectivity index (χ1) is 13.3. The second-order valence-corrected chi connectivity index (χ2v) is 7.81. The van der Waals surface area contributed by atoms with Crippen LogP contribution in [0, 0.1) is 5.41 Å². The van der Waals surface area contributed by atoms with Crippen LogP contribution in [0.15, 0.2) is 47.7 Å². The predicted molar refractivity (Wildman–Crippen MR) is 116 cm³/mol. The van der Waals surface area contributed by atoms with Crippen LogP contribution >= 0.6 is 0 Å². The smallest absolute Gasteiger partial charge is 0.171 e. The number of Topliss-reactive ketones (excluding diaryl/α,β-unsaturated/α-hetero) is 1. The van der Waals surface area contributed by atoms with E-state index in [9.17, 15) is 4.79 Å². The number of hydrogen-bond acceptors (Lipinski definition) is 4. The first-order valence-electron chi connectivity index (χ1n) is 9.47. The molecule has 5 nitrogen and oxygen atoms in total. The van der Waals surface area contributed by atoms with Crippen LogP contribution in [0.4, 0.5) is 0 Å². The Morgan fingerprint density at radius 3 is 2.57 bits per heavy atom. The van der Waals surface area contributed by atoms with Crippen molar-refractivity contribution in [3.05, 3.63) is 53.9 Å². The topological polar surface area (TPSA) is 71.0 Å². The summed E-state index contributed by atoms with van der Waals surface area (Å²) in [6.07, 6.45) is 7.28. The summed E-state index contributed by atoms with van der Waals surface area (Å²) in [5.74, 6) is 0.0510. The van der Waals surface area contributed by atoms with E-state index >= 15 is 0 Å². The monoisotopic (exact) mass is 374 g/mol. The number of aliphatic imine (C=N–C) groups is 1. The van der Waals surface area contributed by atoms with E-state index in [1.807, 2.05) is 52.1 Å². The number of allylic oxidation sites excluding steroid dienone is 2. The number of hydrogen-bond donors (Lipinski definition) is 1. The molecule has 0 aliphatic carbocycles. The van der Waals surface area contributed by atoms with E-state index in [0.29, 0.717) is 16.7 Å². The zero-order chi connectivity index (χ0) is 20.3. The molecule has 0 spiro atoms. The highest BCUT2D eigenvalue weighted by molar-refractivity contribution is 6.08. The molecule has 0 saturated heterocycles. The van der Waals surface area contributed by atoms with Gasteiger partial charge in [-0.3, -0.25) is 9.79 Å². The third kappa shape index (κ3) is 4.09. The summed E-state index contributed by atoms with van der Waals surface area (Å²) in [4.78, 5) is 29.2. The second kappa shape index (κ2) is 7.89. The van der Waals surface area contributed by atoms with Gasteiger partial charge in [0.2, 0.25) is 0 Å². The Bertz CT molecular complexity index is 1050. The van der Waals surface area contributed by atoms with E-state index in [0.717, 1.165) is 28.9 Å². The van der Waals surface area contributed by atoms with Crippen molar-refractivity contribution in [2.24, 2.45) is 10.4 Å². The van der Waals surface area contributed by atoms with Crippen molar-refractivity contribution in [2.45, 2.75) is 34.6 Å². The van der Waals surface area contributed by atoms with Crippen molar-refractivity contribution in [1.82, 2.24) is 15.0 Å². The van der Waals surface area contributed by atoms with Crippen molar-refractivity contribution in [3.63, 3.8) is 0 Å². The summed E-state index contributed by atoms with van der Waals surface area (Å²) in [7, 11) is 0. The summed E-state index contributed by atoms with van der Waals surface area (Å²) < 4.78 is 0. The maximum Gasteiger partial charge on any atom is 0.171 e. The molecular weight excluding hydrogens is 348 g/mol. The third-order valence-electron chi connectivity index (χ3n) is 4.56. The molecule has 0 atom stereocenters. The molecule has 1 N–H and O–H groups in total. The van der Waals surface area contributed by atoms with Crippen LogP contribution in [0.3, 0.4) is 0 Å². The molecule has 0 saturated carbocycles. The molecule has 0 unspecified atom stereocenters. The summed E-state index contributed by atoms with van der Waals surface area (Å²) in [5.41, 5.74) is 5.34. The van der Waals surface area contributed by atoms with Crippen LogP contribution in [0.2, 0.25) is 0 Å². The highest BCUT2D eigenvalue weighted by Gasteiger charge is 2.26. The lowest BCUT2D eigenvalue weighted by Gasteiger charge is -2.15. The highest BCUT2D eigenvalue weighted by Crippen LogP contribution is 2.27. The Morgan fingerprint density at radius 1 is 1.21 bits per heavy atom. The lowest BCUT2D eigenvalue weighted by atomic mass is 9.87. The predicted octanol–water partition coefficient (Wildman–Crippen LogP) is 5.35.